The minimum atomic E-state index is 0.412. The molecule has 1 atom stereocenters. The predicted octanol–water partition coefficient (Wildman–Crippen LogP) is 3.16. The average molecular weight is 216 g/mol. The van der Waals surface area contributed by atoms with Crippen LogP contribution in [0.25, 0.3) is 10.9 Å². The summed E-state index contributed by atoms with van der Waals surface area (Å²) >= 11 is 0. The molecule has 1 heterocycles. The molecule has 1 aromatic heterocycles. The second kappa shape index (κ2) is 3.95. The van der Waals surface area contributed by atoms with E-state index in [2.05, 4.69) is 44.8 Å². The van der Waals surface area contributed by atoms with E-state index < -0.39 is 0 Å². The van der Waals surface area contributed by atoms with Crippen LogP contribution in [0.2, 0.25) is 0 Å². The highest BCUT2D eigenvalue weighted by atomic mass is 14.7. The lowest BCUT2D eigenvalue weighted by Gasteiger charge is -2.09. The number of aryl methyl sites for hydroxylation is 3. The number of fused-ring (bicyclic) bond motifs is 1. The number of benzene rings is 1. The van der Waals surface area contributed by atoms with Crippen molar-refractivity contribution < 1.29 is 0 Å². The summed E-state index contributed by atoms with van der Waals surface area (Å²) < 4.78 is 0. The molecule has 0 aliphatic heterocycles. The number of aromatic amines is 1. The Balaban J connectivity index is 2.78. The Kier molecular flexibility index (Phi) is 2.76. The zero-order chi connectivity index (χ0) is 11.9. The Morgan fingerprint density at radius 3 is 2.56 bits per heavy atom. The third-order valence-electron chi connectivity index (χ3n) is 3.33. The van der Waals surface area contributed by atoms with Crippen molar-refractivity contribution in [3.8, 4) is 0 Å². The summed E-state index contributed by atoms with van der Waals surface area (Å²) in [4.78, 5) is 3.48. The van der Waals surface area contributed by atoms with E-state index >= 15 is 0 Å². The molecule has 1 unspecified atom stereocenters. The molecule has 0 spiro atoms. The first-order valence-corrected chi connectivity index (χ1v) is 5.84. The van der Waals surface area contributed by atoms with Crippen LogP contribution in [0.15, 0.2) is 12.1 Å². The third-order valence-corrected chi connectivity index (χ3v) is 3.33. The number of nitrogens with one attached hydrogen (secondary N) is 1. The van der Waals surface area contributed by atoms with Crippen molar-refractivity contribution in [3.63, 3.8) is 0 Å². The monoisotopic (exact) mass is 216 g/mol. The number of H-pyrrole nitrogens is 1. The fourth-order valence-electron chi connectivity index (χ4n) is 2.56. The highest BCUT2D eigenvalue weighted by Crippen LogP contribution is 2.31. The van der Waals surface area contributed by atoms with Crippen molar-refractivity contribution in [2.45, 2.75) is 33.6 Å². The first-order chi connectivity index (χ1) is 7.54. The van der Waals surface area contributed by atoms with Crippen molar-refractivity contribution in [1.82, 2.24) is 4.98 Å². The normalized spacial score (nSPS) is 13.3. The smallest absolute Gasteiger partial charge is 0.0488 e. The lowest BCUT2D eigenvalue weighted by Crippen LogP contribution is -2.09. The van der Waals surface area contributed by atoms with Crippen LogP contribution in [-0.2, 0) is 0 Å². The van der Waals surface area contributed by atoms with E-state index in [9.17, 15) is 0 Å². The first kappa shape index (κ1) is 11.2. The molecule has 0 saturated heterocycles. The minimum absolute atomic E-state index is 0.412. The standard InChI is InChI=1S/C14H20N2/c1-8-5-9(2)14-12(6-8)13(10(3)7-15)11(4)16-14/h5-6,10,16H,7,15H2,1-4H3. The van der Waals surface area contributed by atoms with Gasteiger partial charge in [0.25, 0.3) is 0 Å². The molecule has 0 saturated carbocycles. The maximum atomic E-state index is 5.79. The molecule has 0 aliphatic carbocycles. The van der Waals surface area contributed by atoms with Gasteiger partial charge in [0.05, 0.1) is 0 Å². The maximum absolute atomic E-state index is 5.79. The van der Waals surface area contributed by atoms with Crippen molar-refractivity contribution in [2.75, 3.05) is 6.54 Å². The Bertz CT molecular complexity index is 523. The van der Waals surface area contributed by atoms with E-state index in [0.29, 0.717) is 12.5 Å². The molecular weight excluding hydrogens is 196 g/mol. The van der Waals surface area contributed by atoms with Crippen LogP contribution < -0.4 is 5.73 Å². The van der Waals surface area contributed by atoms with Gasteiger partial charge in [0.2, 0.25) is 0 Å². The van der Waals surface area contributed by atoms with Gasteiger partial charge in [-0.05, 0) is 50.4 Å². The van der Waals surface area contributed by atoms with Gasteiger partial charge in [0.1, 0.15) is 0 Å². The number of hydrogen-bond acceptors (Lipinski definition) is 1. The van der Waals surface area contributed by atoms with Crippen LogP contribution in [0, 0.1) is 20.8 Å². The number of aromatic nitrogens is 1. The number of rotatable bonds is 2. The lowest BCUT2D eigenvalue weighted by molar-refractivity contribution is 0.773. The van der Waals surface area contributed by atoms with Gasteiger partial charge >= 0.3 is 0 Å². The van der Waals surface area contributed by atoms with Crippen LogP contribution in [-0.4, -0.2) is 11.5 Å². The summed E-state index contributed by atoms with van der Waals surface area (Å²) in [6, 6.07) is 4.47. The van der Waals surface area contributed by atoms with Crippen LogP contribution in [0.5, 0.6) is 0 Å². The quantitative estimate of drug-likeness (QED) is 0.795. The van der Waals surface area contributed by atoms with Crippen molar-refractivity contribution in [3.05, 3.63) is 34.5 Å². The second-order valence-electron chi connectivity index (χ2n) is 4.80. The van der Waals surface area contributed by atoms with E-state index in [-0.39, 0.29) is 0 Å². The summed E-state index contributed by atoms with van der Waals surface area (Å²) in [5.41, 5.74) is 12.3. The van der Waals surface area contributed by atoms with Gasteiger partial charge < -0.3 is 10.7 Å². The summed E-state index contributed by atoms with van der Waals surface area (Å²) in [6.45, 7) is 9.32. The van der Waals surface area contributed by atoms with E-state index in [4.69, 9.17) is 5.73 Å². The molecule has 3 N–H and O–H groups in total. The molecule has 2 aromatic rings. The molecular formula is C14H20N2. The predicted molar refractivity (Wildman–Crippen MR) is 70.0 cm³/mol. The zero-order valence-electron chi connectivity index (χ0n) is 10.5. The van der Waals surface area contributed by atoms with E-state index in [0.717, 1.165) is 0 Å². The third kappa shape index (κ3) is 1.63. The summed E-state index contributed by atoms with van der Waals surface area (Å²) in [7, 11) is 0. The van der Waals surface area contributed by atoms with Gasteiger partial charge in [-0.2, -0.15) is 0 Å². The number of hydrogen-bond donors (Lipinski definition) is 2. The Morgan fingerprint density at radius 2 is 1.94 bits per heavy atom. The Morgan fingerprint density at radius 1 is 1.25 bits per heavy atom. The van der Waals surface area contributed by atoms with Crippen LogP contribution in [0.4, 0.5) is 0 Å². The fourth-order valence-corrected chi connectivity index (χ4v) is 2.56. The molecule has 2 rings (SSSR count). The highest BCUT2D eigenvalue weighted by molar-refractivity contribution is 5.88. The van der Waals surface area contributed by atoms with Crippen LogP contribution in [0.3, 0.4) is 0 Å². The number of nitrogens with two attached hydrogens (primary N) is 1. The van der Waals surface area contributed by atoms with Crippen LogP contribution in [0.1, 0.15) is 35.2 Å². The maximum Gasteiger partial charge on any atom is 0.0488 e. The van der Waals surface area contributed by atoms with Gasteiger partial charge in [-0.1, -0.05) is 18.6 Å². The Hall–Kier alpha value is -1.28. The van der Waals surface area contributed by atoms with E-state index in [1.54, 1.807) is 0 Å². The fraction of sp³-hybridized carbons (Fsp3) is 0.429. The molecule has 86 valence electrons. The van der Waals surface area contributed by atoms with E-state index in [1.165, 1.54) is 33.3 Å². The zero-order valence-corrected chi connectivity index (χ0v) is 10.5. The molecule has 0 fully saturated rings. The molecule has 1 aromatic carbocycles. The van der Waals surface area contributed by atoms with Gasteiger partial charge in [-0.3, -0.25) is 0 Å². The molecule has 2 nitrogen and oxygen atoms in total. The molecule has 0 amide bonds. The largest absolute Gasteiger partial charge is 0.358 e. The Labute approximate surface area is 96.9 Å². The molecule has 2 heteroatoms. The topological polar surface area (TPSA) is 41.8 Å². The van der Waals surface area contributed by atoms with Crippen LogP contribution >= 0.6 is 0 Å². The summed E-state index contributed by atoms with van der Waals surface area (Å²) in [5.74, 6) is 0.412. The second-order valence-corrected chi connectivity index (χ2v) is 4.80. The van der Waals surface area contributed by atoms with Crippen molar-refractivity contribution >= 4 is 10.9 Å². The average Bonchev–Trinajstić information content (AvgIpc) is 2.54. The summed E-state index contributed by atoms with van der Waals surface area (Å²) in [5, 5.41) is 1.34. The molecule has 0 bridgehead atoms. The minimum Gasteiger partial charge on any atom is -0.358 e. The summed E-state index contributed by atoms with van der Waals surface area (Å²) in [6.07, 6.45) is 0. The van der Waals surface area contributed by atoms with Crippen molar-refractivity contribution in [2.24, 2.45) is 5.73 Å². The SMILES string of the molecule is Cc1cc(C)c2[nH]c(C)c(C(C)CN)c2c1. The molecule has 0 radical (unpaired) electrons. The van der Waals surface area contributed by atoms with Gasteiger partial charge in [0.15, 0.2) is 0 Å². The molecule has 0 aliphatic rings. The van der Waals surface area contributed by atoms with Crippen molar-refractivity contribution in [1.29, 1.82) is 0 Å². The first-order valence-electron chi connectivity index (χ1n) is 5.84. The molecule has 16 heavy (non-hydrogen) atoms. The van der Waals surface area contributed by atoms with Gasteiger partial charge in [0, 0.05) is 16.6 Å². The van der Waals surface area contributed by atoms with E-state index in [1.807, 2.05) is 0 Å². The van der Waals surface area contributed by atoms with Gasteiger partial charge in [-0.15, -0.1) is 0 Å². The highest BCUT2D eigenvalue weighted by Gasteiger charge is 2.15. The van der Waals surface area contributed by atoms with Gasteiger partial charge in [-0.25, -0.2) is 0 Å². The lowest BCUT2D eigenvalue weighted by atomic mass is 9.96.